The predicted molar refractivity (Wildman–Crippen MR) is 245 cm³/mol. The molecule has 5 unspecified atom stereocenters. The van der Waals surface area contributed by atoms with E-state index in [2.05, 4.69) is 205 Å². The summed E-state index contributed by atoms with van der Waals surface area (Å²) in [6.07, 6.45) is 30.3. The first kappa shape index (κ1) is 34.6. The molecule has 286 valence electrons. The topological polar surface area (TPSA) is 21.1 Å². The lowest BCUT2D eigenvalue weighted by Crippen LogP contribution is -2.41. The average molecular weight is 762 g/mol. The highest BCUT2D eigenvalue weighted by Crippen LogP contribution is 2.58. The first-order valence-electron chi connectivity index (χ1n) is 21.5. The van der Waals surface area contributed by atoms with Crippen molar-refractivity contribution in [2.75, 3.05) is 0 Å². The zero-order valence-corrected chi connectivity index (χ0v) is 33.7. The molecule has 4 aromatic carbocycles. The van der Waals surface area contributed by atoms with Crippen LogP contribution in [0.1, 0.15) is 38.7 Å². The van der Waals surface area contributed by atoms with E-state index < -0.39 is 0 Å². The fraction of sp³-hybridized carbons (Fsp3) is 0.196. The van der Waals surface area contributed by atoms with Crippen LogP contribution in [0.3, 0.4) is 0 Å². The number of benzene rings is 4. The number of hydrogen-bond donors (Lipinski definition) is 0. The predicted octanol–water partition coefficient (Wildman–Crippen LogP) is 13.4. The van der Waals surface area contributed by atoms with Crippen molar-refractivity contribution in [2.45, 2.75) is 45.2 Å². The molecule has 3 nitrogen and oxygen atoms in total. The van der Waals surface area contributed by atoms with Crippen LogP contribution in [0, 0.1) is 23.2 Å². The SMILES string of the molecule is CC1(C)C2=CCC(N3C4=C(C=CCC4)C4C=C(c5ccc6c(c5)c5ccccc5n6-c5cc(-c6ccccc6)cc(-c6ccccc6)n5)C=CC43)C=C2C2C=CC=CC21. The molecule has 5 aliphatic carbocycles. The maximum absolute atomic E-state index is 5.36. The third kappa shape index (κ3) is 5.37. The number of rotatable bonds is 5. The van der Waals surface area contributed by atoms with Crippen molar-refractivity contribution in [3.63, 3.8) is 0 Å². The number of allylic oxidation sites excluding steroid dienone is 11. The summed E-state index contributed by atoms with van der Waals surface area (Å²) >= 11 is 0. The Labute approximate surface area is 347 Å². The molecule has 5 atom stereocenters. The Hall–Kier alpha value is -6.45. The van der Waals surface area contributed by atoms with Crippen molar-refractivity contribution in [3.8, 4) is 28.2 Å². The van der Waals surface area contributed by atoms with Gasteiger partial charge in [0.25, 0.3) is 0 Å². The van der Waals surface area contributed by atoms with Gasteiger partial charge in [-0.15, -0.1) is 0 Å². The molecule has 0 saturated heterocycles. The van der Waals surface area contributed by atoms with Crippen LogP contribution < -0.4 is 0 Å². The largest absolute Gasteiger partial charge is 0.360 e. The van der Waals surface area contributed by atoms with Gasteiger partial charge < -0.3 is 4.90 Å². The highest BCUT2D eigenvalue weighted by Gasteiger charge is 2.49. The smallest absolute Gasteiger partial charge is 0.138 e. The lowest BCUT2D eigenvalue weighted by Gasteiger charge is -2.39. The monoisotopic (exact) mass is 761 g/mol. The minimum atomic E-state index is 0.165. The van der Waals surface area contributed by atoms with Crippen LogP contribution in [0.5, 0.6) is 0 Å². The second-order valence-corrected chi connectivity index (χ2v) is 17.7. The van der Waals surface area contributed by atoms with E-state index in [0.29, 0.717) is 29.8 Å². The van der Waals surface area contributed by atoms with Crippen molar-refractivity contribution in [1.29, 1.82) is 0 Å². The average Bonchev–Trinajstić information content (AvgIpc) is 3.89. The molecule has 1 aliphatic heterocycles. The van der Waals surface area contributed by atoms with Gasteiger partial charge in [-0.2, -0.15) is 0 Å². The van der Waals surface area contributed by atoms with Gasteiger partial charge in [0.2, 0.25) is 0 Å². The number of pyridine rings is 1. The molecule has 12 rings (SSSR count). The molecule has 6 aliphatic rings. The molecular weight excluding hydrogens is 715 g/mol. The fourth-order valence-corrected chi connectivity index (χ4v) is 11.5. The van der Waals surface area contributed by atoms with E-state index in [0.717, 1.165) is 52.9 Å². The van der Waals surface area contributed by atoms with Gasteiger partial charge in [0.1, 0.15) is 5.82 Å². The molecule has 1 fully saturated rings. The fourth-order valence-electron chi connectivity index (χ4n) is 11.5. The van der Waals surface area contributed by atoms with Gasteiger partial charge >= 0.3 is 0 Å². The number of fused-ring (bicyclic) bond motifs is 8. The van der Waals surface area contributed by atoms with E-state index in [-0.39, 0.29) is 5.41 Å². The Morgan fingerprint density at radius 3 is 2.31 bits per heavy atom. The Morgan fingerprint density at radius 2 is 1.44 bits per heavy atom. The summed E-state index contributed by atoms with van der Waals surface area (Å²) in [6.45, 7) is 4.90. The Balaban J connectivity index is 0.932. The van der Waals surface area contributed by atoms with Gasteiger partial charge in [0.05, 0.1) is 28.8 Å². The lowest BCUT2D eigenvalue weighted by molar-refractivity contribution is 0.242. The van der Waals surface area contributed by atoms with Gasteiger partial charge in [0, 0.05) is 33.9 Å². The first-order chi connectivity index (χ1) is 29.0. The second-order valence-electron chi connectivity index (χ2n) is 17.7. The zero-order valence-electron chi connectivity index (χ0n) is 33.7. The van der Waals surface area contributed by atoms with Crippen LogP contribution in [-0.2, 0) is 0 Å². The summed E-state index contributed by atoms with van der Waals surface area (Å²) in [5.74, 6) is 2.27. The maximum atomic E-state index is 5.36. The van der Waals surface area contributed by atoms with E-state index in [4.69, 9.17) is 4.98 Å². The standard InChI is InChI=1S/C56H47N3/c1-56(2)48-22-12-9-19-42(48)45-35-41(27-28-49(45)56)58-51-23-13-10-20-43(51)46-31-38(25-29-53(46)58)39-26-30-54-47(32-39)44-21-11-14-24-52(44)59(54)55-34-40(36-15-5-3-6-16-36)33-50(57-55)37-17-7-4-8-18-37/h3-12,14-22,24-26,28-35,41-42,46,48,53H,13,23,27H2,1-2H3. The molecule has 0 spiro atoms. The van der Waals surface area contributed by atoms with Gasteiger partial charge in [-0.3, -0.25) is 4.57 Å². The molecule has 6 aromatic rings. The third-order valence-corrected chi connectivity index (χ3v) is 14.2. The van der Waals surface area contributed by atoms with Gasteiger partial charge in [-0.05, 0) is 99.9 Å². The molecule has 1 saturated carbocycles. The van der Waals surface area contributed by atoms with Crippen molar-refractivity contribution in [2.24, 2.45) is 23.2 Å². The van der Waals surface area contributed by atoms with E-state index in [9.17, 15) is 0 Å². The first-order valence-corrected chi connectivity index (χ1v) is 21.5. The van der Waals surface area contributed by atoms with Crippen molar-refractivity contribution in [3.05, 3.63) is 210 Å². The highest BCUT2D eigenvalue weighted by molar-refractivity contribution is 6.10. The molecule has 59 heavy (non-hydrogen) atoms. The van der Waals surface area contributed by atoms with Crippen LogP contribution >= 0.6 is 0 Å². The van der Waals surface area contributed by atoms with E-state index >= 15 is 0 Å². The summed E-state index contributed by atoms with van der Waals surface area (Å²) in [5.41, 5.74) is 15.7. The quantitative estimate of drug-likeness (QED) is 0.174. The zero-order chi connectivity index (χ0) is 39.2. The van der Waals surface area contributed by atoms with Crippen LogP contribution in [0.4, 0.5) is 0 Å². The third-order valence-electron chi connectivity index (χ3n) is 14.2. The molecule has 0 amide bonds. The summed E-state index contributed by atoms with van der Waals surface area (Å²) < 4.78 is 2.36. The summed E-state index contributed by atoms with van der Waals surface area (Å²) in [4.78, 5) is 8.17. The second kappa shape index (κ2) is 13.3. The number of aromatic nitrogens is 2. The van der Waals surface area contributed by atoms with E-state index in [1.807, 2.05) is 0 Å². The van der Waals surface area contributed by atoms with E-state index in [1.165, 1.54) is 33.0 Å². The summed E-state index contributed by atoms with van der Waals surface area (Å²) in [6, 6.07) is 42.2. The van der Waals surface area contributed by atoms with Gasteiger partial charge in [-0.1, -0.05) is 166 Å². The molecule has 3 heteroatoms. The number of nitrogens with zero attached hydrogens (tertiary/aromatic N) is 3. The summed E-state index contributed by atoms with van der Waals surface area (Å²) in [5, 5.41) is 2.48. The number of para-hydroxylation sites is 1. The molecule has 2 aromatic heterocycles. The minimum Gasteiger partial charge on any atom is -0.360 e. The molecule has 0 radical (unpaired) electrons. The number of hydrogen-bond acceptors (Lipinski definition) is 2. The highest BCUT2D eigenvalue weighted by atomic mass is 15.2. The lowest BCUT2D eigenvalue weighted by atomic mass is 9.75. The van der Waals surface area contributed by atoms with Crippen molar-refractivity contribution >= 4 is 27.4 Å². The molecular formula is C56H47N3. The van der Waals surface area contributed by atoms with Crippen LogP contribution in [0.2, 0.25) is 0 Å². The van der Waals surface area contributed by atoms with Crippen molar-refractivity contribution < 1.29 is 0 Å². The van der Waals surface area contributed by atoms with Crippen LogP contribution in [0.25, 0.3) is 55.6 Å². The molecule has 0 bridgehead atoms. The van der Waals surface area contributed by atoms with Gasteiger partial charge in [-0.25, -0.2) is 4.98 Å². The van der Waals surface area contributed by atoms with Gasteiger partial charge in [0.15, 0.2) is 0 Å². The molecule has 0 N–H and O–H groups in total. The minimum absolute atomic E-state index is 0.165. The normalized spacial score (nSPS) is 24.8. The Morgan fingerprint density at radius 1 is 0.661 bits per heavy atom. The van der Waals surface area contributed by atoms with Crippen molar-refractivity contribution in [1.82, 2.24) is 14.5 Å². The Bertz CT molecular complexity index is 2900. The van der Waals surface area contributed by atoms with E-state index in [1.54, 1.807) is 16.8 Å². The summed E-state index contributed by atoms with van der Waals surface area (Å²) in [7, 11) is 0. The molecule has 3 heterocycles. The van der Waals surface area contributed by atoms with Crippen LogP contribution in [0.15, 0.2) is 205 Å². The Kier molecular flexibility index (Phi) is 7.79. The maximum Gasteiger partial charge on any atom is 0.138 e. The van der Waals surface area contributed by atoms with Crippen LogP contribution in [-0.4, -0.2) is 26.5 Å².